The van der Waals surface area contributed by atoms with Gasteiger partial charge in [0.15, 0.2) is 0 Å². The van der Waals surface area contributed by atoms with Crippen LogP contribution in [-0.4, -0.2) is 11.5 Å². The predicted molar refractivity (Wildman–Crippen MR) is 67.6 cm³/mol. The van der Waals surface area contributed by atoms with Gasteiger partial charge in [-0.3, -0.25) is 0 Å². The molecule has 0 radical (unpaired) electrons. The summed E-state index contributed by atoms with van der Waals surface area (Å²) in [6.07, 6.45) is 12.7. The third-order valence-corrected chi connectivity index (χ3v) is 3.10. The Bertz CT molecular complexity index is 162. The molecule has 3 nitrogen and oxygen atoms in total. The number of hydrogen-bond donors (Lipinski definition) is 1. The van der Waals surface area contributed by atoms with Gasteiger partial charge in [0.25, 0.3) is 0 Å². The molecule has 0 aromatic heterocycles. The average Bonchev–Trinajstić information content (AvgIpc) is 2.25. The lowest BCUT2D eigenvalue weighted by Crippen LogP contribution is -1.87. The van der Waals surface area contributed by atoms with Crippen LogP contribution in [0.15, 0.2) is 0 Å². The summed E-state index contributed by atoms with van der Waals surface area (Å²) in [5, 5.41) is 0. The van der Waals surface area contributed by atoms with Crippen molar-refractivity contribution in [1.82, 2.24) is 0 Å². The molecular formula is C12H26O3P+. The summed E-state index contributed by atoms with van der Waals surface area (Å²) >= 11 is 0. The van der Waals surface area contributed by atoms with Gasteiger partial charge in [0.2, 0.25) is 0 Å². The molecule has 1 N–H and O–H groups in total. The van der Waals surface area contributed by atoms with Crippen molar-refractivity contribution in [3.8, 4) is 0 Å². The van der Waals surface area contributed by atoms with Gasteiger partial charge >= 0.3 is 8.25 Å². The van der Waals surface area contributed by atoms with Crippen LogP contribution in [0.25, 0.3) is 0 Å². The molecular weight excluding hydrogens is 223 g/mol. The Balaban J connectivity index is 2.90. The first-order chi connectivity index (χ1) is 7.77. The van der Waals surface area contributed by atoms with Crippen LogP contribution in [0.5, 0.6) is 0 Å². The minimum atomic E-state index is -2.39. The summed E-state index contributed by atoms with van der Waals surface area (Å²) in [7, 11) is -2.39. The topological polar surface area (TPSA) is 46.5 Å². The van der Waals surface area contributed by atoms with Crippen molar-refractivity contribution >= 4 is 8.25 Å². The summed E-state index contributed by atoms with van der Waals surface area (Å²) < 4.78 is 14.8. The highest BCUT2D eigenvalue weighted by molar-refractivity contribution is 7.32. The van der Waals surface area contributed by atoms with Crippen molar-refractivity contribution < 1.29 is 14.0 Å². The molecule has 0 saturated carbocycles. The predicted octanol–water partition coefficient (Wildman–Crippen LogP) is 4.57. The number of unbranched alkanes of at least 4 members (excludes halogenated alkanes) is 9. The lowest BCUT2D eigenvalue weighted by molar-refractivity contribution is 0.273. The minimum Gasteiger partial charge on any atom is -0.133 e. The first-order valence-corrected chi connectivity index (χ1v) is 7.69. The molecule has 1 unspecified atom stereocenters. The zero-order chi connectivity index (χ0) is 12.1. The Kier molecular flexibility index (Phi) is 13.1. The highest BCUT2D eigenvalue weighted by Gasteiger charge is 2.09. The van der Waals surface area contributed by atoms with E-state index in [1.54, 1.807) is 0 Å². The molecule has 0 aliphatic heterocycles. The second-order valence-corrected chi connectivity index (χ2v) is 4.99. The van der Waals surface area contributed by atoms with Crippen molar-refractivity contribution in [2.24, 2.45) is 0 Å². The van der Waals surface area contributed by atoms with E-state index in [-0.39, 0.29) is 0 Å². The number of rotatable bonds is 12. The fraction of sp³-hybridized carbons (Fsp3) is 1.00. The molecule has 0 aromatic carbocycles. The Morgan fingerprint density at radius 3 is 1.75 bits per heavy atom. The Morgan fingerprint density at radius 2 is 1.31 bits per heavy atom. The van der Waals surface area contributed by atoms with E-state index >= 15 is 0 Å². The lowest BCUT2D eigenvalue weighted by atomic mass is 10.1. The van der Waals surface area contributed by atoms with E-state index in [0.717, 1.165) is 12.8 Å². The van der Waals surface area contributed by atoms with Gasteiger partial charge in [0, 0.05) is 4.57 Å². The highest BCUT2D eigenvalue weighted by Crippen LogP contribution is 2.16. The second-order valence-electron chi connectivity index (χ2n) is 4.25. The third-order valence-electron chi connectivity index (χ3n) is 2.70. The molecule has 0 saturated heterocycles. The summed E-state index contributed by atoms with van der Waals surface area (Å²) in [4.78, 5) is 8.38. The maximum Gasteiger partial charge on any atom is 0.694 e. The molecule has 0 spiro atoms. The average molecular weight is 249 g/mol. The molecule has 0 amide bonds. The molecule has 1 atom stereocenters. The van der Waals surface area contributed by atoms with E-state index in [4.69, 9.17) is 4.89 Å². The summed E-state index contributed by atoms with van der Waals surface area (Å²) in [6, 6.07) is 0. The highest BCUT2D eigenvalue weighted by atomic mass is 31.1. The second kappa shape index (κ2) is 13.1. The van der Waals surface area contributed by atoms with Crippen molar-refractivity contribution in [3.05, 3.63) is 0 Å². The Morgan fingerprint density at radius 1 is 0.875 bits per heavy atom. The molecule has 0 fully saturated rings. The summed E-state index contributed by atoms with van der Waals surface area (Å²) in [5.41, 5.74) is 0. The van der Waals surface area contributed by atoms with E-state index < -0.39 is 8.25 Å². The third kappa shape index (κ3) is 14.0. The summed E-state index contributed by atoms with van der Waals surface area (Å²) in [5.74, 6) is 0. The van der Waals surface area contributed by atoms with E-state index in [9.17, 15) is 4.57 Å². The van der Waals surface area contributed by atoms with E-state index in [1.165, 1.54) is 51.4 Å². The maximum absolute atomic E-state index is 10.2. The molecule has 96 valence electrons. The monoisotopic (exact) mass is 249 g/mol. The zero-order valence-corrected chi connectivity index (χ0v) is 11.4. The van der Waals surface area contributed by atoms with Gasteiger partial charge in [-0.05, 0) is 6.42 Å². The van der Waals surface area contributed by atoms with Crippen LogP contribution >= 0.6 is 8.25 Å². The SMILES string of the molecule is CCCCCCCCCCCCO[P+](=O)O. The lowest BCUT2D eigenvalue weighted by Gasteiger charge is -2.00. The molecule has 0 aliphatic carbocycles. The maximum atomic E-state index is 10.2. The van der Waals surface area contributed by atoms with Crippen LogP contribution in [0.1, 0.15) is 71.1 Å². The fourth-order valence-electron chi connectivity index (χ4n) is 1.73. The van der Waals surface area contributed by atoms with Crippen molar-refractivity contribution in [3.63, 3.8) is 0 Å². The smallest absolute Gasteiger partial charge is 0.133 e. The van der Waals surface area contributed by atoms with Crippen LogP contribution < -0.4 is 0 Å². The molecule has 0 bridgehead atoms. The van der Waals surface area contributed by atoms with Gasteiger partial charge in [-0.1, -0.05) is 64.7 Å². The van der Waals surface area contributed by atoms with E-state index in [1.807, 2.05) is 0 Å². The molecule has 16 heavy (non-hydrogen) atoms. The first-order valence-electron chi connectivity index (χ1n) is 6.56. The van der Waals surface area contributed by atoms with Crippen LogP contribution in [0.4, 0.5) is 0 Å². The number of hydrogen-bond acceptors (Lipinski definition) is 2. The van der Waals surface area contributed by atoms with Gasteiger partial charge in [-0.2, -0.15) is 0 Å². The van der Waals surface area contributed by atoms with Gasteiger partial charge < -0.3 is 0 Å². The molecule has 0 heterocycles. The quantitative estimate of drug-likeness (QED) is 0.407. The van der Waals surface area contributed by atoms with Crippen molar-refractivity contribution in [2.45, 2.75) is 71.1 Å². The van der Waals surface area contributed by atoms with Crippen molar-refractivity contribution in [1.29, 1.82) is 0 Å². The molecule has 4 heteroatoms. The largest absolute Gasteiger partial charge is 0.694 e. The molecule has 0 rings (SSSR count). The van der Waals surface area contributed by atoms with Gasteiger partial charge in [0.1, 0.15) is 6.61 Å². The van der Waals surface area contributed by atoms with E-state index in [2.05, 4.69) is 11.4 Å². The Labute approximate surface area is 101 Å². The van der Waals surface area contributed by atoms with Gasteiger partial charge in [-0.15, -0.1) is 9.42 Å². The van der Waals surface area contributed by atoms with Crippen LogP contribution in [-0.2, 0) is 9.09 Å². The summed E-state index contributed by atoms with van der Waals surface area (Å²) in [6.45, 7) is 2.66. The van der Waals surface area contributed by atoms with Gasteiger partial charge in [-0.25, -0.2) is 0 Å². The van der Waals surface area contributed by atoms with Gasteiger partial charge in [0.05, 0.1) is 0 Å². The normalized spacial score (nSPS) is 11.8. The molecule has 0 aliphatic rings. The minimum absolute atomic E-state index is 0.419. The van der Waals surface area contributed by atoms with E-state index in [0.29, 0.717) is 6.61 Å². The molecule has 0 aromatic rings. The van der Waals surface area contributed by atoms with Crippen LogP contribution in [0, 0.1) is 0 Å². The fourth-order valence-corrected chi connectivity index (χ4v) is 2.02. The standard InChI is InChI=1S/C12H25O3P/c1-2-3-4-5-6-7-8-9-10-11-12-15-16(13)14/h2-12H2,1H3/p+1. The van der Waals surface area contributed by atoms with Crippen LogP contribution in [0.2, 0.25) is 0 Å². The Hall–Kier alpha value is 0.0200. The van der Waals surface area contributed by atoms with Crippen molar-refractivity contribution in [2.75, 3.05) is 6.61 Å². The zero-order valence-electron chi connectivity index (χ0n) is 10.5. The first kappa shape index (κ1) is 16.0. The van der Waals surface area contributed by atoms with Crippen LogP contribution in [0.3, 0.4) is 0 Å².